The Morgan fingerprint density at radius 1 is 0.968 bits per heavy atom. The van der Waals surface area contributed by atoms with E-state index in [-0.39, 0.29) is 39.9 Å². The van der Waals surface area contributed by atoms with Gasteiger partial charge in [-0.25, -0.2) is 0 Å². The van der Waals surface area contributed by atoms with Crippen LogP contribution in [-0.2, 0) is 0 Å². The molecule has 3 N–H and O–H groups in total. The molecule has 0 fully saturated rings. The van der Waals surface area contributed by atoms with E-state index in [2.05, 4.69) is 20.8 Å². The zero-order valence-electron chi connectivity index (χ0n) is 16.1. The number of hydrazone groups is 1. The molecule has 1 atom stereocenters. The van der Waals surface area contributed by atoms with Gasteiger partial charge >= 0.3 is 0 Å². The molecule has 0 saturated heterocycles. The van der Waals surface area contributed by atoms with Gasteiger partial charge in [0, 0.05) is 12.1 Å². The van der Waals surface area contributed by atoms with Crippen LogP contribution in [0.1, 0.15) is 6.92 Å². The number of rotatable bonds is 6. The summed E-state index contributed by atoms with van der Waals surface area (Å²) in [4.78, 5) is 21.1. The lowest BCUT2D eigenvalue weighted by Crippen LogP contribution is -2.36. The van der Waals surface area contributed by atoms with Crippen LogP contribution in [-0.4, -0.2) is 33.0 Å². The van der Waals surface area contributed by atoms with Gasteiger partial charge < -0.3 is 5.41 Å². The molecule has 1 aliphatic carbocycles. The largest absolute Gasteiger partial charge is 0.300 e. The summed E-state index contributed by atoms with van der Waals surface area (Å²) in [5, 5.41) is 50.8. The van der Waals surface area contributed by atoms with E-state index in [0.29, 0.717) is 5.57 Å². The van der Waals surface area contributed by atoms with Crippen molar-refractivity contribution in [1.29, 1.82) is 10.8 Å². The van der Waals surface area contributed by atoms with Crippen molar-refractivity contribution in [3.05, 3.63) is 80.4 Å². The second-order valence-electron chi connectivity index (χ2n) is 6.39. The lowest BCUT2D eigenvalue weighted by atomic mass is 9.91. The smallest absolute Gasteiger partial charge is 0.296 e. The summed E-state index contributed by atoms with van der Waals surface area (Å²) in [6.07, 6.45) is 1.52. The van der Waals surface area contributed by atoms with Crippen LogP contribution in [0.15, 0.2) is 75.5 Å². The van der Waals surface area contributed by atoms with E-state index in [1.807, 2.05) is 0 Å². The normalized spacial score (nSPS) is 17.6. The van der Waals surface area contributed by atoms with Crippen LogP contribution in [0.3, 0.4) is 0 Å². The third-order valence-electron chi connectivity index (χ3n) is 4.35. The van der Waals surface area contributed by atoms with Gasteiger partial charge in [0.1, 0.15) is 17.4 Å². The maximum atomic E-state index is 11.1. The van der Waals surface area contributed by atoms with Crippen molar-refractivity contribution in [2.24, 2.45) is 15.3 Å². The Labute approximate surface area is 175 Å². The van der Waals surface area contributed by atoms with Crippen LogP contribution in [0.25, 0.3) is 0 Å². The van der Waals surface area contributed by atoms with Gasteiger partial charge in [-0.2, -0.15) is 10.2 Å². The Kier molecular flexibility index (Phi) is 6.00. The number of nitrogens with zero attached hydrogens (tertiary/aromatic N) is 5. The highest BCUT2D eigenvalue weighted by Crippen LogP contribution is 2.28. The maximum Gasteiger partial charge on any atom is 0.296 e. The number of benzene rings is 2. The molecule has 0 amide bonds. The third-order valence-corrected chi connectivity index (χ3v) is 4.35. The summed E-state index contributed by atoms with van der Waals surface area (Å²) >= 11 is 0. The molecule has 31 heavy (non-hydrogen) atoms. The van der Waals surface area contributed by atoms with E-state index < -0.39 is 15.9 Å². The van der Waals surface area contributed by atoms with Crippen molar-refractivity contribution in [1.82, 2.24) is 0 Å². The molecule has 0 bridgehead atoms. The van der Waals surface area contributed by atoms with E-state index in [1.165, 1.54) is 42.5 Å². The molecule has 0 spiro atoms. The minimum Gasteiger partial charge on any atom is -0.300 e. The lowest BCUT2D eigenvalue weighted by Gasteiger charge is -2.19. The van der Waals surface area contributed by atoms with E-state index >= 15 is 0 Å². The van der Waals surface area contributed by atoms with Gasteiger partial charge in [0.2, 0.25) is 0 Å². The molecular weight excluding hydrogens is 404 g/mol. The second-order valence-corrected chi connectivity index (χ2v) is 6.39. The third kappa shape index (κ3) is 4.53. The molecule has 2 aromatic carbocycles. The molecule has 0 radical (unpaired) electrons. The zero-order valence-corrected chi connectivity index (χ0v) is 16.1. The first-order chi connectivity index (χ1) is 14.8. The molecule has 12 nitrogen and oxygen atoms in total. The van der Waals surface area contributed by atoms with Gasteiger partial charge in [-0.3, -0.25) is 31.1 Å². The number of nitrogens with one attached hydrogen (secondary N) is 3. The lowest BCUT2D eigenvalue weighted by molar-refractivity contribution is -0.384. The number of nitro benzene ring substituents is 2. The van der Waals surface area contributed by atoms with Crippen molar-refractivity contribution in [3.8, 4) is 0 Å². The Hall–Kier alpha value is -4.61. The second kappa shape index (κ2) is 8.82. The van der Waals surface area contributed by atoms with Crippen LogP contribution in [0, 0.1) is 31.0 Å². The SMILES string of the molecule is CC1=C[C@H](N=Nc2ccccc2[N+](=O)[O-])C(=N)C(=NNc2ccccc2[N+](=O)[O-])C1=N. The van der Waals surface area contributed by atoms with Crippen molar-refractivity contribution in [3.63, 3.8) is 0 Å². The van der Waals surface area contributed by atoms with Crippen LogP contribution < -0.4 is 5.43 Å². The summed E-state index contributed by atoms with van der Waals surface area (Å²) < 4.78 is 0. The Morgan fingerprint density at radius 2 is 1.58 bits per heavy atom. The number of azo groups is 1. The molecule has 3 rings (SSSR count). The molecule has 2 aromatic rings. The highest BCUT2D eigenvalue weighted by Gasteiger charge is 2.28. The van der Waals surface area contributed by atoms with E-state index in [4.69, 9.17) is 10.8 Å². The number of anilines is 1. The standard InChI is InChI=1S/C19H16N8O4/c1-11-10-14(24-22-12-6-2-4-8-15(12)26(28)29)18(21)19(17(11)20)25-23-13-7-3-5-9-16(13)27(30)31/h2-10,14,20-21,23H,1H3/t14-/m0/s1. The fraction of sp³-hybridized carbons (Fsp3) is 0.105. The van der Waals surface area contributed by atoms with Crippen molar-refractivity contribution >= 4 is 39.9 Å². The number of nitro groups is 2. The van der Waals surface area contributed by atoms with Crippen LogP contribution in [0.2, 0.25) is 0 Å². The number of hydrogen-bond donors (Lipinski definition) is 3. The summed E-state index contributed by atoms with van der Waals surface area (Å²) in [5.74, 6) is 0. The topological polar surface area (TPSA) is 183 Å². The maximum absolute atomic E-state index is 11.1. The van der Waals surface area contributed by atoms with Gasteiger partial charge in [-0.15, -0.1) is 5.11 Å². The number of allylic oxidation sites excluding steroid dienone is 1. The molecule has 0 aromatic heterocycles. The van der Waals surface area contributed by atoms with Gasteiger partial charge in [0.25, 0.3) is 11.4 Å². The first-order valence-corrected chi connectivity index (χ1v) is 8.87. The highest BCUT2D eigenvalue weighted by atomic mass is 16.6. The number of hydrogen-bond acceptors (Lipinski definition) is 10. The molecule has 0 aliphatic heterocycles. The predicted octanol–water partition coefficient (Wildman–Crippen LogP) is 4.42. The minimum absolute atomic E-state index is 0.0310. The van der Waals surface area contributed by atoms with Crippen LogP contribution in [0.4, 0.5) is 22.7 Å². The van der Waals surface area contributed by atoms with Crippen molar-refractivity contribution in [2.75, 3.05) is 5.43 Å². The molecular formula is C19H16N8O4. The fourth-order valence-electron chi connectivity index (χ4n) is 2.74. The first kappa shape index (κ1) is 21.1. The van der Waals surface area contributed by atoms with Gasteiger partial charge in [0.05, 0.1) is 21.3 Å². The quantitative estimate of drug-likeness (QED) is 0.354. The van der Waals surface area contributed by atoms with Gasteiger partial charge in [0.15, 0.2) is 5.69 Å². The molecule has 1 aliphatic rings. The van der Waals surface area contributed by atoms with Crippen molar-refractivity contribution < 1.29 is 9.85 Å². The monoisotopic (exact) mass is 420 g/mol. The predicted molar refractivity (Wildman–Crippen MR) is 115 cm³/mol. The van der Waals surface area contributed by atoms with Crippen LogP contribution in [0.5, 0.6) is 0 Å². The van der Waals surface area contributed by atoms with E-state index in [9.17, 15) is 20.2 Å². The molecule has 0 heterocycles. The van der Waals surface area contributed by atoms with Crippen molar-refractivity contribution in [2.45, 2.75) is 13.0 Å². The van der Waals surface area contributed by atoms with Gasteiger partial charge in [-0.05, 0) is 30.7 Å². The molecule has 12 heteroatoms. The number of para-hydroxylation sites is 3. The Balaban J connectivity index is 1.90. The highest BCUT2D eigenvalue weighted by molar-refractivity contribution is 6.72. The Bertz CT molecular complexity index is 1180. The molecule has 0 saturated carbocycles. The average Bonchev–Trinajstić information content (AvgIpc) is 2.75. The summed E-state index contributed by atoms with van der Waals surface area (Å²) in [5.41, 5.74) is 2.41. The van der Waals surface area contributed by atoms with E-state index in [0.717, 1.165) is 0 Å². The zero-order chi connectivity index (χ0) is 22.5. The summed E-state index contributed by atoms with van der Waals surface area (Å²) in [6, 6.07) is 10.7. The van der Waals surface area contributed by atoms with Crippen LogP contribution >= 0.6 is 0 Å². The van der Waals surface area contributed by atoms with Gasteiger partial charge in [-0.1, -0.05) is 24.3 Å². The molecule has 156 valence electrons. The summed E-state index contributed by atoms with van der Waals surface area (Å²) in [6.45, 7) is 1.63. The summed E-state index contributed by atoms with van der Waals surface area (Å²) in [7, 11) is 0. The first-order valence-electron chi connectivity index (χ1n) is 8.87. The average molecular weight is 420 g/mol. The van der Waals surface area contributed by atoms with E-state index in [1.54, 1.807) is 19.1 Å². The molecule has 0 unspecified atom stereocenters. The Morgan fingerprint density at radius 3 is 2.26 bits per heavy atom. The minimum atomic E-state index is -0.930. The fourth-order valence-corrected chi connectivity index (χ4v) is 2.74.